The summed E-state index contributed by atoms with van der Waals surface area (Å²) in [5.41, 5.74) is -0.187. The molecule has 0 aromatic heterocycles. The molecule has 0 bridgehead atoms. The summed E-state index contributed by atoms with van der Waals surface area (Å²) in [5, 5.41) is 0. The number of esters is 4. The molecule has 2 rings (SSSR count). The molecule has 144 valence electrons. The van der Waals surface area contributed by atoms with Gasteiger partial charge in [-0.15, -0.1) is 0 Å². The zero-order chi connectivity index (χ0) is 20.3. The van der Waals surface area contributed by atoms with Crippen molar-refractivity contribution >= 4 is 23.9 Å². The number of methoxy groups -OCH3 is 4. The molecule has 0 aromatic rings. The number of carbonyl (C=O) groups excluding carboxylic acids is 4. The molecule has 0 amide bonds. The van der Waals surface area contributed by atoms with Gasteiger partial charge in [0.25, 0.3) is 0 Å². The molecule has 9 nitrogen and oxygen atoms in total. The normalized spacial score (nSPS) is 18.5. The first-order valence-corrected chi connectivity index (χ1v) is 7.79. The fourth-order valence-electron chi connectivity index (χ4n) is 2.99. The fourth-order valence-corrected chi connectivity index (χ4v) is 2.99. The van der Waals surface area contributed by atoms with Crippen LogP contribution in [0, 0.1) is 0 Å². The summed E-state index contributed by atoms with van der Waals surface area (Å²) in [5.74, 6) is -3.66. The summed E-state index contributed by atoms with van der Waals surface area (Å²) in [6.45, 7) is 1.68. The third-order valence-electron chi connectivity index (χ3n) is 4.14. The molecule has 9 heteroatoms. The Morgan fingerprint density at radius 2 is 1.41 bits per heavy atom. The molecule has 0 spiro atoms. The van der Waals surface area contributed by atoms with Crippen molar-refractivity contribution in [2.24, 2.45) is 0 Å². The van der Waals surface area contributed by atoms with Crippen LogP contribution in [0.2, 0.25) is 0 Å². The van der Waals surface area contributed by atoms with E-state index in [1.165, 1.54) is 11.1 Å². The van der Waals surface area contributed by atoms with Crippen LogP contribution in [0.15, 0.2) is 46.3 Å². The molecule has 2 heterocycles. The Bertz CT molecular complexity index is 830. The fraction of sp³-hybridized carbons (Fsp3) is 0.333. The third kappa shape index (κ3) is 3.23. The van der Waals surface area contributed by atoms with Crippen molar-refractivity contribution in [3.63, 3.8) is 0 Å². The van der Waals surface area contributed by atoms with Crippen LogP contribution >= 0.6 is 0 Å². The highest BCUT2D eigenvalue weighted by atomic mass is 16.5. The first-order valence-electron chi connectivity index (χ1n) is 7.79. The third-order valence-corrected chi connectivity index (χ3v) is 4.14. The van der Waals surface area contributed by atoms with Crippen LogP contribution in [0.25, 0.3) is 0 Å². The van der Waals surface area contributed by atoms with Crippen molar-refractivity contribution < 1.29 is 38.1 Å². The van der Waals surface area contributed by atoms with Gasteiger partial charge in [-0.25, -0.2) is 19.2 Å². The van der Waals surface area contributed by atoms with Gasteiger partial charge in [0, 0.05) is 6.20 Å². The van der Waals surface area contributed by atoms with Gasteiger partial charge in [0.2, 0.25) is 0 Å². The highest BCUT2D eigenvalue weighted by molar-refractivity contribution is 6.15. The van der Waals surface area contributed by atoms with Crippen LogP contribution < -0.4 is 0 Å². The summed E-state index contributed by atoms with van der Waals surface area (Å²) in [6, 6.07) is -1.35. The first-order chi connectivity index (χ1) is 12.8. The van der Waals surface area contributed by atoms with Gasteiger partial charge in [0.1, 0.15) is 0 Å². The number of hydrogen-bond donors (Lipinski definition) is 0. The molecule has 0 radical (unpaired) electrons. The lowest BCUT2D eigenvalue weighted by Gasteiger charge is -2.38. The summed E-state index contributed by atoms with van der Waals surface area (Å²) < 4.78 is 19.1. The maximum absolute atomic E-state index is 12.5. The van der Waals surface area contributed by atoms with E-state index in [2.05, 4.69) is 0 Å². The Morgan fingerprint density at radius 3 is 1.93 bits per heavy atom. The van der Waals surface area contributed by atoms with E-state index in [1.54, 1.807) is 19.1 Å². The van der Waals surface area contributed by atoms with E-state index in [-0.39, 0.29) is 16.8 Å². The quantitative estimate of drug-likeness (QED) is 0.507. The zero-order valence-electron chi connectivity index (χ0n) is 15.5. The minimum atomic E-state index is -1.35. The average molecular weight is 377 g/mol. The van der Waals surface area contributed by atoms with Crippen LogP contribution in [0.1, 0.15) is 6.92 Å². The second-order valence-electron chi connectivity index (χ2n) is 5.51. The lowest BCUT2D eigenvalue weighted by Crippen LogP contribution is -2.48. The lowest BCUT2D eigenvalue weighted by molar-refractivity contribution is -0.148. The van der Waals surface area contributed by atoms with Gasteiger partial charge in [-0.05, 0) is 18.6 Å². The maximum atomic E-state index is 12.5. The predicted octanol–water partition coefficient (Wildman–Crippen LogP) is 0.387. The van der Waals surface area contributed by atoms with Gasteiger partial charge in [0.15, 0.2) is 6.04 Å². The smallest absolute Gasteiger partial charge is 0.340 e. The van der Waals surface area contributed by atoms with Crippen LogP contribution in [0.4, 0.5) is 0 Å². The number of hydrogen-bond acceptors (Lipinski definition) is 9. The Morgan fingerprint density at radius 1 is 0.852 bits per heavy atom. The van der Waals surface area contributed by atoms with Crippen molar-refractivity contribution in [1.82, 2.24) is 4.90 Å². The molecular weight excluding hydrogens is 358 g/mol. The highest BCUT2D eigenvalue weighted by Gasteiger charge is 2.47. The molecule has 0 saturated heterocycles. The van der Waals surface area contributed by atoms with Crippen molar-refractivity contribution in [3.05, 3.63) is 46.3 Å². The zero-order valence-corrected chi connectivity index (χ0v) is 15.5. The molecule has 1 atom stereocenters. The van der Waals surface area contributed by atoms with Gasteiger partial charge in [-0.2, -0.15) is 0 Å². The van der Waals surface area contributed by atoms with Gasteiger partial charge in [-0.3, -0.25) is 0 Å². The van der Waals surface area contributed by atoms with E-state index in [9.17, 15) is 19.2 Å². The van der Waals surface area contributed by atoms with E-state index < -0.39 is 35.5 Å². The second kappa shape index (κ2) is 7.90. The minimum absolute atomic E-state index is 0.206. The number of ether oxygens (including phenoxy) is 4. The first kappa shape index (κ1) is 20.0. The number of rotatable bonds is 4. The van der Waals surface area contributed by atoms with Crippen molar-refractivity contribution in [2.75, 3.05) is 28.4 Å². The van der Waals surface area contributed by atoms with Crippen molar-refractivity contribution in [2.45, 2.75) is 13.0 Å². The van der Waals surface area contributed by atoms with E-state index in [0.717, 1.165) is 28.4 Å². The van der Waals surface area contributed by atoms with E-state index in [1.807, 2.05) is 0 Å². The number of allylic oxidation sites excluding steroid dienone is 3. The maximum Gasteiger partial charge on any atom is 0.340 e. The lowest BCUT2D eigenvalue weighted by atomic mass is 9.85. The topological polar surface area (TPSA) is 108 Å². The largest absolute Gasteiger partial charge is 0.467 e. The van der Waals surface area contributed by atoms with Gasteiger partial charge >= 0.3 is 23.9 Å². The summed E-state index contributed by atoms with van der Waals surface area (Å²) in [6.07, 6.45) is 4.80. The molecule has 0 fully saturated rings. The Kier molecular flexibility index (Phi) is 5.84. The molecule has 27 heavy (non-hydrogen) atoms. The number of carbonyl (C=O) groups is 4. The summed E-state index contributed by atoms with van der Waals surface area (Å²) >= 11 is 0. The minimum Gasteiger partial charge on any atom is -0.467 e. The number of fused-ring (bicyclic) bond motifs is 1. The van der Waals surface area contributed by atoms with Crippen LogP contribution in [-0.4, -0.2) is 63.3 Å². The SMILES string of the molecule is COC(=O)C1=C(C(=O)OC)C(C(=O)OC)N2C=CC=C(C)C2=C1C(=O)OC. The monoisotopic (exact) mass is 377 g/mol. The second-order valence-corrected chi connectivity index (χ2v) is 5.51. The van der Waals surface area contributed by atoms with Gasteiger partial charge < -0.3 is 23.8 Å². The molecule has 1 unspecified atom stereocenters. The molecule has 0 saturated carbocycles. The van der Waals surface area contributed by atoms with Crippen LogP contribution in [0.3, 0.4) is 0 Å². The summed E-state index contributed by atoms with van der Waals surface area (Å²) in [7, 11) is 4.46. The Labute approximate surface area is 155 Å². The Hall–Kier alpha value is -3.36. The molecule has 0 aliphatic carbocycles. The van der Waals surface area contributed by atoms with Crippen LogP contribution in [0.5, 0.6) is 0 Å². The van der Waals surface area contributed by atoms with Crippen molar-refractivity contribution in [3.8, 4) is 0 Å². The van der Waals surface area contributed by atoms with Gasteiger partial charge in [0.05, 0.1) is 50.9 Å². The number of nitrogens with zero attached hydrogens (tertiary/aromatic N) is 1. The Balaban J connectivity index is 2.98. The van der Waals surface area contributed by atoms with Gasteiger partial charge in [-0.1, -0.05) is 6.08 Å². The molecule has 2 aliphatic rings. The molecule has 2 aliphatic heterocycles. The molecule has 0 aromatic carbocycles. The predicted molar refractivity (Wildman–Crippen MR) is 90.6 cm³/mol. The van der Waals surface area contributed by atoms with E-state index >= 15 is 0 Å². The summed E-state index contributed by atoms with van der Waals surface area (Å²) in [4.78, 5) is 51.4. The standard InChI is InChI=1S/C18H19NO8/c1-9-7-6-8-19-13(9)11(16(21)25-3)10(15(20)24-2)12(17(22)26-4)14(19)18(23)27-5/h6-8,14H,1-5H3. The van der Waals surface area contributed by atoms with Crippen molar-refractivity contribution in [1.29, 1.82) is 0 Å². The van der Waals surface area contributed by atoms with E-state index in [0.29, 0.717) is 5.57 Å². The molecular formula is C18H19NO8. The highest BCUT2D eigenvalue weighted by Crippen LogP contribution is 2.39. The average Bonchev–Trinajstić information content (AvgIpc) is 2.69. The van der Waals surface area contributed by atoms with E-state index in [4.69, 9.17) is 18.9 Å². The molecule has 0 N–H and O–H groups in total. The van der Waals surface area contributed by atoms with Crippen LogP contribution in [-0.2, 0) is 38.1 Å².